The molecule has 1 amide bonds. The number of carbonyl (C=O) groups is 1. The van der Waals surface area contributed by atoms with Gasteiger partial charge in [-0.05, 0) is 37.6 Å². The Balaban J connectivity index is 1.30. The molecule has 3 fully saturated rings. The van der Waals surface area contributed by atoms with E-state index < -0.39 is 0 Å². The number of likely N-dealkylation sites (tertiary alicyclic amines) is 2. The molecule has 4 heterocycles. The fourth-order valence-corrected chi connectivity index (χ4v) is 4.22. The lowest BCUT2D eigenvalue weighted by molar-refractivity contribution is -0.201. The lowest BCUT2D eigenvalue weighted by Crippen LogP contribution is -2.72. The summed E-state index contributed by atoms with van der Waals surface area (Å²) in [6.45, 7) is 5.99. The van der Waals surface area contributed by atoms with E-state index in [1.165, 1.54) is 5.56 Å². The van der Waals surface area contributed by atoms with Crippen LogP contribution in [0, 0.1) is 0 Å². The zero-order chi connectivity index (χ0) is 16.6. The number of likely N-dealkylation sites (N-methyl/N-ethyl adjacent to an activating group) is 1. The molecule has 1 spiro atoms. The van der Waals surface area contributed by atoms with Crippen LogP contribution in [0.25, 0.3) is 0 Å². The van der Waals surface area contributed by atoms with Crippen molar-refractivity contribution in [1.82, 2.24) is 19.7 Å². The van der Waals surface area contributed by atoms with Crippen LogP contribution in [0.5, 0.6) is 0 Å². The predicted molar refractivity (Wildman–Crippen MR) is 90.4 cm³/mol. The minimum atomic E-state index is -0.108. The Labute approximate surface area is 143 Å². The fraction of sp³-hybridized carbons (Fsp3) is 0.667. The molecule has 0 radical (unpaired) electrons. The van der Waals surface area contributed by atoms with Gasteiger partial charge in [0.1, 0.15) is 11.6 Å². The Kier molecular flexibility index (Phi) is 4.28. The Morgan fingerprint density at radius 1 is 1.25 bits per heavy atom. The van der Waals surface area contributed by atoms with Crippen LogP contribution in [0.15, 0.2) is 24.5 Å². The number of morpholine rings is 1. The summed E-state index contributed by atoms with van der Waals surface area (Å²) in [6.07, 6.45) is 5.95. The van der Waals surface area contributed by atoms with E-state index in [9.17, 15) is 4.79 Å². The number of ether oxygens (including phenoxy) is 1. The van der Waals surface area contributed by atoms with E-state index in [1.54, 1.807) is 0 Å². The van der Waals surface area contributed by atoms with Crippen molar-refractivity contribution >= 4 is 5.91 Å². The lowest BCUT2D eigenvalue weighted by Gasteiger charge is -2.55. The zero-order valence-electron chi connectivity index (χ0n) is 14.4. The Morgan fingerprint density at radius 2 is 1.96 bits per heavy atom. The average Bonchev–Trinajstić information content (AvgIpc) is 3.08. The maximum atomic E-state index is 12.6. The largest absolute Gasteiger partial charge is 0.369 e. The summed E-state index contributed by atoms with van der Waals surface area (Å²) in [5.74, 6) is 0.248. The third kappa shape index (κ3) is 3.06. The van der Waals surface area contributed by atoms with Crippen molar-refractivity contribution < 1.29 is 9.53 Å². The maximum absolute atomic E-state index is 12.6. The molecule has 0 unspecified atom stereocenters. The van der Waals surface area contributed by atoms with Gasteiger partial charge in [0.25, 0.3) is 0 Å². The molecule has 1 aromatic rings. The Hall–Kier alpha value is -1.50. The molecule has 130 valence electrons. The summed E-state index contributed by atoms with van der Waals surface area (Å²) in [6, 6.07) is 4.01. The Bertz CT molecular complexity index is 582. The Morgan fingerprint density at radius 3 is 2.62 bits per heavy atom. The molecule has 24 heavy (non-hydrogen) atoms. The van der Waals surface area contributed by atoms with Crippen LogP contribution in [-0.2, 0) is 16.1 Å². The first-order chi connectivity index (χ1) is 11.7. The molecule has 0 saturated carbocycles. The highest BCUT2D eigenvalue weighted by Gasteiger charge is 2.50. The molecular formula is C18H26N4O2. The first kappa shape index (κ1) is 16.0. The molecule has 6 nitrogen and oxygen atoms in total. The van der Waals surface area contributed by atoms with E-state index in [2.05, 4.69) is 34.0 Å². The number of nitrogens with zero attached hydrogens (tertiary/aromatic N) is 4. The van der Waals surface area contributed by atoms with E-state index in [1.807, 2.05) is 17.3 Å². The molecule has 1 atom stereocenters. The van der Waals surface area contributed by atoms with Gasteiger partial charge in [0.05, 0.1) is 6.61 Å². The van der Waals surface area contributed by atoms with Crippen LogP contribution in [-0.4, -0.2) is 83.6 Å². The molecule has 0 bridgehead atoms. The summed E-state index contributed by atoms with van der Waals surface area (Å²) in [5.41, 5.74) is 1.19. The van der Waals surface area contributed by atoms with Crippen molar-refractivity contribution in [1.29, 1.82) is 0 Å². The normalized spacial score (nSPS) is 27.4. The highest BCUT2D eigenvalue weighted by Crippen LogP contribution is 2.32. The molecule has 0 aromatic carbocycles. The van der Waals surface area contributed by atoms with Gasteiger partial charge in [0.2, 0.25) is 5.91 Å². The van der Waals surface area contributed by atoms with Crippen molar-refractivity contribution in [3.8, 4) is 0 Å². The smallest absolute Gasteiger partial charge is 0.242 e. The van der Waals surface area contributed by atoms with Crippen molar-refractivity contribution in [3.63, 3.8) is 0 Å². The molecule has 3 aliphatic rings. The van der Waals surface area contributed by atoms with Gasteiger partial charge in [-0.25, -0.2) is 0 Å². The average molecular weight is 330 g/mol. The van der Waals surface area contributed by atoms with Gasteiger partial charge in [-0.3, -0.25) is 19.6 Å². The van der Waals surface area contributed by atoms with Crippen molar-refractivity contribution in [2.24, 2.45) is 0 Å². The number of amides is 1. The monoisotopic (exact) mass is 330 g/mol. The van der Waals surface area contributed by atoms with Gasteiger partial charge >= 0.3 is 0 Å². The molecule has 3 saturated heterocycles. The van der Waals surface area contributed by atoms with E-state index in [4.69, 9.17) is 4.74 Å². The van der Waals surface area contributed by atoms with Gasteiger partial charge in [0.15, 0.2) is 0 Å². The predicted octanol–water partition coefficient (Wildman–Crippen LogP) is 0.589. The van der Waals surface area contributed by atoms with Gasteiger partial charge in [-0.2, -0.15) is 0 Å². The van der Waals surface area contributed by atoms with Gasteiger partial charge in [-0.15, -0.1) is 0 Å². The van der Waals surface area contributed by atoms with Gasteiger partial charge in [0, 0.05) is 51.7 Å². The first-order valence-corrected chi connectivity index (χ1v) is 8.89. The number of pyridine rings is 1. The summed E-state index contributed by atoms with van der Waals surface area (Å²) in [7, 11) is 2.06. The first-order valence-electron chi connectivity index (χ1n) is 8.89. The van der Waals surface area contributed by atoms with Crippen LogP contribution >= 0.6 is 0 Å². The number of hydrogen-bond donors (Lipinski definition) is 0. The summed E-state index contributed by atoms with van der Waals surface area (Å²) >= 11 is 0. The maximum Gasteiger partial charge on any atom is 0.242 e. The molecule has 1 aromatic heterocycles. The topological polar surface area (TPSA) is 48.9 Å². The minimum Gasteiger partial charge on any atom is -0.369 e. The third-order valence-corrected chi connectivity index (χ3v) is 5.50. The molecule has 6 heteroatoms. The highest BCUT2D eigenvalue weighted by atomic mass is 16.5. The number of rotatable bonds is 3. The van der Waals surface area contributed by atoms with Crippen LogP contribution in [0.2, 0.25) is 0 Å². The van der Waals surface area contributed by atoms with Crippen molar-refractivity contribution in [3.05, 3.63) is 30.1 Å². The third-order valence-electron chi connectivity index (χ3n) is 5.50. The summed E-state index contributed by atoms with van der Waals surface area (Å²) in [5, 5.41) is 0. The minimum absolute atomic E-state index is 0.0937. The second kappa shape index (κ2) is 6.43. The lowest BCUT2D eigenvalue weighted by atomic mass is 9.90. The fourth-order valence-electron chi connectivity index (χ4n) is 4.22. The number of aromatic nitrogens is 1. The van der Waals surface area contributed by atoms with E-state index in [-0.39, 0.29) is 17.6 Å². The van der Waals surface area contributed by atoms with Crippen LogP contribution in [0.4, 0.5) is 0 Å². The van der Waals surface area contributed by atoms with E-state index >= 15 is 0 Å². The zero-order valence-corrected chi connectivity index (χ0v) is 14.4. The molecule has 0 aliphatic carbocycles. The molecule has 4 rings (SSSR count). The number of carbonyl (C=O) groups excluding carboxylic acids is 1. The van der Waals surface area contributed by atoms with Crippen LogP contribution < -0.4 is 0 Å². The SMILES string of the molecule is CN1CC2(CN(Cc3ccncc3)C2)OC[C@H]1C(=O)N1CCCC1. The quantitative estimate of drug-likeness (QED) is 0.812. The molecular weight excluding hydrogens is 304 g/mol. The second-order valence-electron chi connectivity index (χ2n) is 7.46. The summed E-state index contributed by atoms with van der Waals surface area (Å²) < 4.78 is 6.19. The number of hydrogen-bond acceptors (Lipinski definition) is 5. The standard InChI is InChI=1S/C18H26N4O2/c1-20-12-18(13-21(14-18)10-15-4-6-19-7-5-15)24-11-16(20)17(23)22-8-2-3-9-22/h4-7,16H,2-3,8-14H2,1H3/t16-/m0/s1. The van der Waals surface area contributed by atoms with E-state index in [0.29, 0.717) is 6.61 Å². The van der Waals surface area contributed by atoms with Gasteiger partial charge < -0.3 is 9.64 Å². The summed E-state index contributed by atoms with van der Waals surface area (Å²) in [4.78, 5) is 23.3. The molecule has 3 aliphatic heterocycles. The highest BCUT2D eigenvalue weighted by molar-refractivity contribution is 5.82. The second-order valence-corrected chi connectivity index (χ2v) is 7.46. The molecule has 0 N–H and O–H groups in total. The van der Waals surface area contributed by atoms with Crippen LogP contribution in [0.1, 0.15) is 18.4 Å². The van der Waals surface area contributed by atoms with Crippen LogP contribution in [0.3, 0.4) is 0 Å². The van der Waals surface area contributed by atoms with Crippen molar-refractivity contribution in [2.75, 3.05) is 46.4 Å². The van der Waals surface area contributed by atoms with Crippen molar-refractivity contribution in [2.45, 2.75) is 31.0 Å². The van der Waals surface area contributed by atoms with E-state index in [0.717, 1.165) is 52.1 Å². The van der Waals surface area contributed by atoms with Gasteiger partial charge in [-0.1, -0.05) is 0 Å².